The minimum Gasteiger partial charge on any atom is -0.494 e. The molecule has 1 atom stereocenters. The average Bonchev–Trinajstić information content (AvgIpc) is 2.95. The summed E-state index contributed by atoms with van der Waals surface area (Å²) in [6, 6.07) is 6.96. The van der Waals surface area contributed by atoms with Gasteiger partial charge < -0.3 is 9.64 Å². The molecule has 0 saturated carbocycles. The lowest BCUT2D eigenvalue weighted by molar-refractivity contribution is 0.0694. The first-order valence-electron chi connectivity index (χ1n) is 9.21. The van der Waals surface area contributed by atoms with Gasteiger partial charge in [0.1, 0.15) is 5.75 Å². The molecule has 0 spiro atoms. The van der Waals surface area contributed by atoms with E-state index in [4.69, 9.17) is 4.74 Å². The summed E-state index contributed by atoms with van der Waals surface area (Å²) in [6.45, 7) is 5.45. The van der Waals surface area contributed by atoms with Gasteiger partial charge in [0.15, 0.2) is 9.84 Å². The van der Waals surface area contributed by atoms with Gasteiger partial charge in [0.05, 0.1) is 18.1 Å². The monoisotopic (exact) mass is 367 g/mol. The summed E-state index contributed by atoms with van der Waals surface area (Å²) in [6.07, 6.45) is 4.46. The van der Waals surface area contributed by atoms with Crippen LogP contribution in [0.25, 0.3) is 0 Å². The number of rotatable bonds is 9. The largest absolute Gasteiger partial charge is 0.494 e. The van der Waals surface area contributed by atoms with E-state index in [1.807, 2.05) is 12.1 Å². The lowest BCUT2D eigenvalue weighted by Gasteiger charge is -2.28. The van der Waals surface area contributed by atoms with Gasteiger partial charge in [0, 0.05) is 18.2 Å². The van der Waals surface area contributed by atoms with Crippen molar-refractivity contribution >= 4 is 15.7 Å². The molecule has 1 aliphatic rings. The Kier molecular flexibility index (Phi) is 7.29. The summed E-state index contributed by atoms with van der Waals surface area (Å²) in [5, 5.41) is 0. The van der Waals surface area contributed by atoms with Crippen LogP contribution in [-0.4, -0.2) is 49.9 Å². The molecule has 6 heteroatoms. The third-order valence-electron chi connectivity index (χ3n) is 4.53. The van der Waals surface area contributed by atoms with Crippen molar-refractivity contribution in [2.24, 2.45) is 0 Å². The van der Waals surface area contributed by atoms with Gasteiger partial charge in [0.2, 0.25) is 0 Å². The van der Waals surface area contributed by atoms with Gasteiger partial charge in [-0.3, -0.25) is 4.79 Å². The highest BCUT2D eigenvalue weighted by molar-refractivity contribution is 7.91. The fraction of sp³-hybridized carbons (Fsp3) is 0.632. The van der Waals surface area contributed by atoms with Crippen molar-refractivity contribution in [3.05, 3.63) is 29.8 Å². The van der Waals surface area contributed by atoms with E-state index in [2.05, 4.69) is 13.8 Å². The molecular formula is C19H29NO4S. The van der Waals surface area contributed by atoms with Gasteiger partial charge in [-0.25, -0.2) is 8.42 Å². The Hall–Kier alpha value is -1.56. The highest BCUT2D eigenvalue weighted by atomic mass is 32.2. The highest BCUT2D eigenvalue weighted by Crippen LogP contribution is 2.22. The summed E-state index contributed by atoms with van der Waals surface area (Å²) in [4.78, 5) is 14.7. The number of carbonyl (C=O) groups is 1. The third-order valence-corrected chi connectivity index (χ3v) is 6.28. The van der Waals surface area contributed by atoms with Gasteiger partial charge in [0.25, 0.3) is 5.91 Å². The number of carbonyl (C=O) groups excluding carboxylic acids is 1. The number of hydrogen-bond acceptors (Lipinski definition) is 4. The van der Waals surface area contributed by atoms with E-state index in [9.17, 15) is 13.2 Å². The molecule has 1 saturated heterocycles. The van der Waals surface area contributed by atoms with Crippen molar-refractivity contribution in [3.63, 3.8) is 0 Å². The summed E-state index contributed by atoms with van der Waals surface area (Å²) < 4.78 is 29.2. The van der Waals surface area contributed by atoms with Crippen LogP contribution < -0.4 is 4.74 Å². The standard InChI is InChI=1S/C19H29NO4S/c1-3-5-12-20(17-11-14-25(22,23)15-17)19(21)16-7-9-18(10-8-16)24-13-6-4-2/h7-10,17H,3-6,11-15H2,1-2H3/t17-/m0/s1. The van der Waals surface area contributed by atoms with Crippen molar-refractivity contribution in [2.45, 2.75) is 52.0 Å². The van der Waals surface area contributed by atoms with E-state index in [1.165, 1.54) is 0 Å². The number of benzene rings is 1. The van der Waals surface area contributed by atoms with Crippen LogP contribution in [0.5, 0.6) is 5.75 Å². The van der Waals surface area contributed by atoms with Crippen molar-refractivity contribution in [2.75, 3.05) is 24.7 Å². The van der Waals surface area contributed by atoms with Crippen molar-refractivity contribution in [1.29, 1.82) is 0 Å². The van der Waals surface area contributed by atoms with Crippen LogP contribution in [0.15, 0.2) is 24.3 Å². The molecule has 0 radical (unpaired) electrons. The van der Waals surface area contributed by atoms with Crippen LogP contribution in [0.4, 0.5) is 0 Å². The zero-order valence-corrected chi connectivity index (χ0v) is 16.1. The normalized spacial score (nSPS) is 18.9. The molecule has 1 amide bonds. The van der Waals surface area contributed by atoms with E-state index in [1.54, 1.807) is 17.0 Å². The van der Waals surface area contributed by atoms with Crippen molar-refractivity contribution in [1.82, 2.24) is 4.90 Å². The first-order chi connectivity index (χ1) is 12.0. The molecular weight excluding hydrogens is 338 g/mol. The Labute approximate surface area is 151 Å². The molecule has 0 aliphatic carbocycles. The Morgan fingerprint density at radius 3 is 2.40 bits per heavy atom. The molecule has 2 rings (SSSR count). The quantitative estimate of drug-likeness (QED) is 0.628. The smallest absolute Gasteiger partial charge is 0.254 e. The minimum absolute atomic E-state index is 0.0840. The number of nitrogens with zero attached hydrogens (tertiary/aromatic N) is 1. The third kappa shape index (κ3) is 5.73. The molecule has 1 aromatic carbocycles. The molecule has 0 aromatic heterocycles. The van der Waals surface area contributed by atoms with Crippen LogP contribution in [-0.2, 0) is 9.84 Å². The lowest BCUT2D eigenvalue weighted by Crippen LogP contribution is -2.41. The second-order valence-corrected chi connectivity index (χ2v) is 8.86. The van der Waals surface area contributed by atoms with E-state index in [0.717, 1.165) is 31.4 Å². The van der Waals surface area contributed by atoms with E-state index < -0.39 is 9.84 Å². The molecule has 0 N–H and O–H groups in total. The fourth-order valence-corrected chi connectivity index (χ4v) is 4.72. The molecule has 25 heavy (non-hydrogen) atoms. The summed E-state index contributed by atoms with van der Waals surface area (Å²) >= 11 is 0. The topological polar surface area (TPSA) is 63.7 Å². The van der Waals surface area contributed by atoms with Crippen LogP contribution >= 0.6 is 0 Å². The average molecular weight is 368 g/mol. The van der Waals surface area contributed by atoms with Gasteiger partial charge in [-0.1, -0.05) is 26.7 Å². The zero-order valence-electron chi connectivity index (χ0n) is 15.2. The highest BCUT2D eigenvalue weighted by Gasteiger charge is 2.34. The van der Waals surface area contributed by atoms with Crippen LogP contribution in [0.2, 0.25) is 0 Å². The summed E-state index contributed by atoms with van der Waals surface area (Å²) in [5.41, 5.74) is 0.586. The first-order valence-corrected chi connectivity index (χ1v) is 11.0. The zero-order chi connectivity index (χ0) is 18.3. The van der Waals surface area contributed by atoms with Crippen LogP contribution in [0, 0.1) is 0 Å². The van der Waals surface area contributed by atoms with Crippen molar-refractivity contribution in [3.8, 4) is 5.75 Å². The minimum atomic E-state index is -3.01. The Bertz CT molecular complexity index is 655. The maximum atomic E-state index is 12.9. The molecule has 1 aliphatic heterocycles. The second-order valence-electron chi connectivity index (χ2n) is 6.64. The fourth-order valence-electron chi connectivity index (χ4n) is 2.99. The van der Waals surface area contributed by atoms with Gasteiger partial charge in [-0.15, -0.1) is 0 Å². The predicted molar refractivity (Wildman–Crippen MR) is 99.8 cm³/mol. The number of hydrogen-bond donors (Lipinski definition) is 0. The molecule has 1 aromatic rings. The Morgan fingerprint density at radius 2 is 1.84 bits per heavy atom. The lowest BCUT2D eigenvalue weighted by atomic mass is 10.1. The van der Waals surface area contributed by atoms with Crippen LogP contribution in [0.3, 0.4) is 0 Å². The number of unbranched alkanes of at least 4 members (excludes halogenated alkanes) is 2. The predicted octanol–water partition coefficient (Wildman–Crippen LogP) is 3.29. The van der Waals surface area contributed by atoms with E-state index >= 15 is 0 Å². The van der Waals surface area contributed by atoms with Crippen molar-refractivity contribution < 1.29 is 17.9 Å². The molecule has 0 unspecified atom stereocenters. The molecule has 0 bridgehead atoms. The Morgan fingerprint density at radius 1 is 1.16 bits per heavy atom. The number of ether oxygens (including phenoxy) is 1. The second kappa shape index (κ2) is 9.22. The van der Waals surface area contributed by atoms with Gasteiger partial charge >= 0.3 is 0 Å². The molecule has 1 fully saturated rings. The number of sulfone groups is 1. The summed E-state index contributed by atoms with van der Waals surface area (Å²) in [5.74, 6) is 0.933. The molecule has 5 nitrogen and oxygen atoms in total. The van der Waals surface area contributed by atoms with Gasteiger partial charge in [-0.2, -0.15) is 0 Å². The van der Waals surface area contributed by atoms with E-state index in [-0.39, 0.29) is 23.5 Å². The maximum absolute atomic E-state index is 12.9. The number of amides is 1. The van der Waals surface area contributed by atoms with Crippen LogP contribution in [0.1, 0.15) is 56.3 Å². The van der Waals surface area contributed by atoms with E-state index in [0.29, 0.717) is 25.1 Å². The first kappa shape index (κ1) is 19.8. The maximum Gasteiger partial charge on any atom is 0.254 e. The Balaban J connectivity index is 2.07. The molecule has 140 valence electrons. The van der Waals surface area contributed by atoms with Gasteiger partial charge in [-0.05, 0) is 43.5 Å². The molecule has 1 heterocycles. The summed E-state index contributed by atoms with van der Waals surface area (Å²) in [7, 11) is -3.01. The SMILES string of the molecule is CCCCOc1ccc(C(=O)N(CCCC)[C@H]2CCS(=O)(=O)C2)cc1.